The number of anilines is 1. The van der Waals surface area contributed by atoms with Crippen LogP contribution in [0.1, 0.15) is 31.7 Å². The number of ether oxygens (including phenoxy) is 2. The second kappa shape index (κ2) is 9.93. The first-order chi connectivity index (χ1) is 14.9. The highest BCUT2D eigenvalue weighted by Gasteiger charge is 2.33. The fourth-order valence-corrected chi connectivity index (χ4v) is 4.36. The van der Waals surface area contributed by atoms with Crippen LogP contribution >= 0.6 is 0 Å². The molecule has 0 radical (unpaired) electrons. The van der Waals surface area contributed by atoms with E-state index < -0.39 is 10.0 Å². The van der Waals surface area contributed by atoms with Crippen molar-refractivity contribution in [2.75, 3.05) is 25.2 Å². The first-order valence-electron chi connectivity index (χ1n) is 10.1. The molecule has 1 saturated heterocycles. The zero-order chi connectivity index (χ0) is 22.4. The normalized spacial score (nSPS) is 14.2. The summed E-state index contributed by atoms with van der Waals surface area (Å²) in [6.07, 6.45) is 2.25. The number of carbonyl (C=O) groups excluding carboxylic acids is 2. The summed E-state index contributed by atoms with van der Waals surface area (Å²) in [6, 6.07) is 11.8. The molecule has 2 amide bonds. The summed E-state index contributed by atoms with van der Waals surface area (Å²) in [6.45, 7) is 2.32. The molecule has 9 heteroatoms. The van der Waals surface area contributed by atoms with Gasteiger partial charge in [0.1, 0.15) is 18.1 Å². The molecule has 1 heterocycles. The van der Waals surface area contributed by atoms with E-state index in [1.807, 2.05) is 24.3 Å². The van der Waals surface area contributed by atoms with Gasteiger partial charge in [0.05, 0.1) is 17.7 Å². The minimum absolute atomic E-state index is 0.0575. The van der Waals surface area contributed by atoms with E-state index in [4.69, 9.17) is 9.47 Å². The molecule has 2 aromatic carbocycles. The molecule has 0 atom stereocenters. The van der Waals surface area contributed by atoms with Gasteiger partial charge in [-0.25, -0.2) is 18.0 Å². The number of sulfonamides is 1. The van der Waals surface area contributed by atoms with Crippen LogP contribution in [0.4, 0.5) is 5.69 Å². The lowest BCUT2D eigenvalue weighted by atomic mass is 10.1. The molecule has 31 heavy (non-hydrogen) atoms. The maximum atomic E-state index is 12.7. The van der Waals surface area contributed by atoms with Crippen molar-refractivity contribution < 1.29 is 27.5 Å². The summed E-state index contributed by atoms with van der Waals surface area (Å²) in [5, 5.41) is 0. The van der Waals surface area contributed by atoms with E-state index in [0.717, 1.165) is 17.7 Å². The van der Waals surface area contributed by atoms with Gasteiger partial charge in [0.25, 0.3) is 0 Å². The van der Waals surface area contributed by atoms with E-state index >= 15 is 0 Å². The van der Waals surface area contributed by atoms with E-state index in [1.165, 1.54) is 30.9 Å². The van der Waals surface area contributed by atoms with Crippen LogP contribution in [0.2, 0.25) is 0 Å². The van der Waals surface area contributed by atoms with E-state index in [0.29, 0.717) is 5.75 Å². The molecule has 166 valence electrons. The average molecular weight is 447 g/mol. The molecule has 1 N–H and O–H groups in total. The number of imide groups is 1. The quantitative estimate of drug-likeness (QED) is 0.445. The number of methoxy groups -OCH3 is 1. The van der Waals surface area contributed by atoms with Crippen LogP contribution in [0.15, 0.2) is 47.4 Å². The Balaban J connectivity index is 1.65. The van der Waals surface area contributed by atoms with Gasteiger partial charge in [-0.05, 0) is 42.3 Å². The summed E-state index contributed by atoms with van der Waals surface area (Å²) in [5.41, 5.74) is 1.35. The van der Waals surface area contributed by atoms with Crippen molar-refractivity contribution in [3.8, 4) is 11.5 Å². The zero-order valence-corrected chi connectivity index (χ0v) is 18.4. The van der Waals surface area contributed by atoms with Crippen LogP contribution < -0.4 is 19.1 Å². The lowest BCUT2D eigenvalue weighted by molar-refractivity contribution is -0.121. The zero-order valence-electron chi connectivity index (χ0n) is 17.6. The van der Waals surface area contributed by atoms with E-state index in [2.05, 4.69) is 11.6 Å². The fourth-order valence-electron chi connectivity index (χ4n) is 3.33. The molecule has 1 fully saturated rings. The fraction of sp³-hybridized carbons (Fsp3) is 0.364. The lowest BCUT2D eigenvalue weighted by Crippen LogP contribution is -2.30. The maximum absolute atomic E-state index is 12.7. The van der Waals surface area contributed by atoms with Crippen molar-refractivity contribution in [3.05, 3.63) is 48.0 Å². The topological polar surface area (TPSA) is 102 Å². The molecule has 0 saturated carbocycles. The first-order valence-corrected chi connectivity index (χ1v) is 11.6. The molecule has 1 aliphatic rings. The molecule has 0 unspecified atom stereocenters. The average Bonchev–Trinajstić information content (AvgIpc) is 3.10. The molecule has 0 spiro atoms. The van der Waals surface area contributed by atoms with Gasteiger partial charge in [0, 0.05) is 19.4 Å². The summed E-state index contributed by atoms with van der Waals surface area (Å²) < 4.78 is 38.7. The van der Waals surface area contributed by atoms with E-state index in [-0.39, 0.29) is 54.1 Å². The molecule has 8 nitrogen and oxygen atoms in total. The number of rotatable bonds is 10. The van der Waals surface area contributed by atoms with Crippen LogP contribution in [-0.2, 0) is 26.0 Å². The lowest BCUT2D eigenvalue weighted by Gasteiger charge is -2.18. The van der Waals surface area contributed by atoms with Gasteiger partial charge in [0.2, 0.25) is 21.8 Å². The molecular weight excluding hydrogens is 420 g/mol. The van der Waals surface area contributed by atoms with Gasteiger partial charge in [-0.15, -0.1) is 0 Å². The second-order valence-corrected chi connectivity index (χ2v) is 8.86. The van der Waals surface area contributed by atoms with Crippen molar-refractivity contribution in [3.63, 3.8) is 0 Å². The summed E-state index contributed by atoms with van der Waals surface area (Å²) >= 11 is 0. The monoisotopic (exact) mass is 446 g/mol. The highest BCUT2D eigenvalue weighted by atomic mass is 32.2. The van der Waals surface area contributed by atoms with Crippen LogP contribution in [0.3, 0.4) is 0 Å². The van der Waals surface area contributed by atoms with Gasteiger partial charge in [-0.2, -0.15) is 0 Å². The number of benzene rings is 2. The Hall–Kier alpha value is -2.91. The van der Waals surface area contributed by atoms with Crippen LogP contribution in [0.5, 0.6) is 11.5 Å². The summed E-state index contributed by atoms with van der Waals surface area (Å²) in [5.74, 6) is 0.141. The van der Waals surface area contributed by atoms with Crippen LogP contribution in [0, 0.1) is 0 Å². The molecular formula is C22H26N2O6S. The number of hydrogen-bond acceptors (Lipinski definition) is 6. The molecule has 1 aliphatic heterocycles. The van der Waals surface area contributed by atoms with E-state index in [1.54, 1.807) is 0 Å². The van der Waals surface area contributed by atoms with Crippen molar-refractivity contribution in [2.24, 2.45) is 0 Å². The smallest absolute Gasteiger partial charge is 0.240 e. The standard InChI is InChI=1S/C22H26N2O6S/c1-3-4-16-5-7-17(8-6-16)30-14-13-23-31(27,28)18-9-10-20(29-2)19(15-18)24-21(25)11-12-22(24)26/h5-10,15,23H,3-4,11-14H2,1-2H3. The minimum atomic E-state index is -3.88. The van der Waals surface area contributed by atoms with Gasteiger partial charge in [-0.1, -0.05) is 25.5 Å². The maximum Gasteiger partial charge on any atom is 0.240 e. The Labute approximate surface area is 182 Å². The Kier molecular flexibility index (Phi) is 7.29. The van der Waals surface area contributed by atoms with Crippen molar-refractivity contribution in [2.45, 2.75) is 37.5 Å². The molecule has 0 aromatic heterocycles. The predicted octanol–water partition coefficient (Wildman–Crippen LogP) is 2.66. The third kappa shape index (κ3) is 5.42. The van der Waals surface area contributed by atoms with Crippen molar-refractivity contribution in [1.29, 1.82) is 0 Å². The minimum Gasteiger partial charge on any atom is -0.495 e. The van der Waals surface area contributed by atoms with Gasteiger partial charge < -0.3 is 9.47 Å². The van der Waals surface area contributed by atoms with Gasteiger partial charge in [0.15, 0.2) is 0 Å². The first kappa shape index (κ1) is 22.8. The molecule has 3 rings (SSSR count). The predicted molar refractivity (Wildman–Crippen MR) is 116 cm³/mol. The van der Waals surface area contributed by atoms with Crippen molar-refractivity contribution >= 4 is 27.5 Å². The van der Waals surface area contributed by atoms with Gasteiger partial charge >= 0.3 is 0 Å². The Morgan fingerprint density at radius 3 is 2.32 bits per heavy atom. The number of carbonyl (C=O) groups is 2. The Morgan fingerprint density at radius 2 is 1.71 bits per heavy atom. The number of amides is 2. The number of nitrogens with zero attached hydrogens (tertiary/aromatic N) is 1. The second-order valence-electron chi connectivity index (χ2n) is 7.10. The van der Waals surface area contributed by atoms with Crippen LogP contribution in [-0.4, -0.2) is 40.5 Å². The Bertz CT molecular complexity index is 1030. The van der Waals surface area contributed by atoms with E-state index in [9.17, 15) is 18.0 Å². The van der Waals surface area contributed by atoms with Crippen LogP contribution in [0.25, 0.3) is 0 Å². The number of aryl methyl sites for hydroxylation is 1. The third-order valence-electron chi connectivity index (χ3n) is 4.88. The number of hydrogen-bond donors (Lipinski definition) is 1. The highest BCUT2D eigenvalue weighted by molar-refractivity contribution is 7.89. The van der Waals surface area contributed by atoms with Gasteiger partial charge in [-0.3, -0.25) is 9.59 Å². The largest absolute Gasteiger partial charge is 0.495 e. The molecule has 0 aliphatic carbocycles. The summed E-state index contributed by atoms with van der Waals surface area (Å²) in [7, 11) is -2.48. The number of nitrogens with one attached hydrogen (secondary N) is 1. The molecule has 2 aromatic rings. The summed E-state index contributed by atoms with van der Waals surface area (Å²) in [4.78, 5) is 25.1. The Morgan fingerprint density at radius 1 is 1.03 bits per heavy atom. The SMILES string of the molecule is CCCc1ccc(OCCNS(=O)(=O)c2ccc(OC)c(N3C(=O)CCC3=O)c2)cc1. The van der Waals surface area contributed by atoms with Crippen molar-refractivity contribution in [1.82, 2.24) is 4.72 Å². The highest BCUT2D eigenvalue weighted by Crippen LogP contribution is 2.34. The molecule has 0 bridgehead atoms. The third-order valence-corrected chi connectivity index (χ3v) is 6.34.